The minimum Gasteiger partial charge on any atom is -0.329 e. The van der Waals surface area contributed by atoms with Crippen molar-refractivity contribution in [3.63, 3.8) is 0 Å². The van der Waals surface area contributed by atoms with Crippen molar-refractivity contribution in [3.05, 3.63) is 65.7 Å². The molecule has 98 valence electrons. The molecule has 0 aliphatic heterocycles. The molecule has 2 aromatic carbocycles. The monoisotopic (exact) mass is 275 g/mol. The molecule has 1 amide bonds. The first kappa shape index (κ1) is 14.9. The quantitative estimate of drug-likeness (QED) is 0.687. The van der Waals surface area contributed by atoms with Crippen LogP contribution >= 0.6 is 11.6 Å². The molecular formula is C15H14ClNO2. The highest BCUT2D eigenvalue weighted by Crippen LogP contribution is 2.10. The maximum Gasteiger partial charge on any atom is 0.252 e. The van der Waals surface area contributed by atoms with Crippen molar-refractivity contribution >= 4 is 28.9 Å². The molecule has 0 saturated carbocycles. The van der Waals surface area contributed by atoms with Gasteiger partial charge >= 0.3 is 0 Å². The number of amides is 1. The van der Waals surface area contributed by atoms with Crippen LogP contribution in [0.25, 0.3) is 0 Å². The van der Waals surface area contributed by atoms with Crippen LogP contribution in [-0.2, 0) is 4.79 Å². The Morgan fingerprint density at radius 2 is 1.63 bits per heavy atom. The highest BCUT2D eigenvalue weighted by molar-refractivity contribution is 6.67. The number of anilines is 1. The third-order valence-corrected chi connectivity index (χ3v) is 2.50. The number of rotatable bonds is 3. The molecule has 0 unspecified atom stereocenters. The average molecular weight is 276 g/mol. The van der Waals surface area contributed by atoms with Crippen LogP contribution < -0.4 is 5.32 Å². The maximum absolute atomic E-state index is 10.6. The van der Waals surface area contributed by atoms with Gasteiger partial charge < -0.3 is 5.32 Å². The minimum atomic E-state index is -0.507. The average Bonchev–Trinajstić information content (AvgIpc) is 2.41. The molecule has 0 saturated heterocycles. The van der Waals surface area contributed by atoms with Gasteiger partial charge in [-0.1, -0.05) is 35.9 Å². The van der Waals surface area contributed by atoms with E-state index in [1.54, 1.807) is 24.3 Å². The Balaban J connectivity index is 0.000000218. The first-order valence-corrected chi connectivity index (χ1v) is 6.03. The SMILES string of the molecule is Cc1ccccc1.O=CNc1ccc(C(=O)Cl)cc1. The van der Waals surface area contributed by atoms with Crippen LogP contribution in [-0.4, -0.2) is 11.7 Å². The number of hydrogen-bond donors (Lipinski definition) is 1. The summed E-state index contributed by atoms with van der Waals surface area (Å²) in [5, 5.41) is 1.93. The number of carbonyl (C=O) groups excluding carboxylic acids is 2. The van der Waals surface area contributed by atoms with Gasteiger partial charge in [0.05, 0.1) is 0 Å². The summed E-state index contributed by atoms with van der Waals surface area (Å²) < 4.78 is 0. The standard InChI is InChI=1S/C8H6ClNO2.C7H8/c9-8(12)6-1-3-7(4-2-6)10-5-11;1-7-5-3-2-4-6-7/h1-5H,(H,10,11);2-6H,1H3. The molecule has 1 N–H and O–H groups in total. The molecule has 0 aromatic heterocycles. The van der Waals surface area contributed by atoms with Crippen LogP contribution in [0.2, 0.25) is 0 Å². The molecule has 2 rings (SSSR count). The highest BCUT2D eigenvalue weighted by atomic mass is 35.5. The molecule has 0 bridgehead atoms. The van der Waals surface area contributed by atoms with Gasteiger partial charge in [0.1, 0.15) is 0 Å². The van der Waals surface area contributed by atoms with Crippen molar-refractivity contribution in [1.82, 2.24) is 0 Å². The predicted molar refractivity (Wildman–Crippen MR) is 77.5 cm³/mol. The van der Waals surface area contributed by atoms with Gasteiger partial charge in [0, 0.05) is 11.3 Å². The van der Waals surface area contributed by atoms with E-state index in [-0.39, 0.29) is 0 Å². The second kappa shape index (κ2) is 8.06. The van der Waals surface area contributed by atoms with E-state index in [1.165, 1.54) is 5.56 Å². The minimum absolute atomic E-state index is 0.410. The summed E-state index contributed by atoms with van der Waals surface area (Å²) in [5.74, 6) is 0. The summed E-state index contributed by atoms with van der Waals surface area (Å²) in [6.07, 6.45) is 0.567. The number of aryl methyl sites for hydroxylation is 1. The number of benzene rings is 2. The van der Waals surface area contributed by atoms with Gasteiger partial charge in [-0.2, -0.15) is 0 Å². The van der Waals surface area contributed by atoms with Crippen molar-refractivity contribution in [2.24, 2.45) is 0 Å². The van der Waals surface area contributed by atoms with Crippen LogP contribution in [0.1, 0.15) is 15.9 Å². The second-order valence-corrected chi connectivity index (χ2v) is 4.11. The summed E-state index contributed by atoms with van der Waals surface area (Å²) in [4.78, 5) is 20.6. The lowest BCUT2D eigenvalue weighted by Gasteiger charge is -1.97. The third kappa shape index (κ3) is 5.84. The first-order chi connectivity index (χ1) is 9.13. The predicted octanol–water partition coefficient (Wildman–Crippen LogP) is 3.63. The lowest BCUT2D eigenvalue weighted by atomic mass is 10.2. The van der Waals surface area contributed by atoms with Crippen LogP contribution in [0.5, 0.6) is 0 Å². The smallest absolute Gasteiger partial charge is 0.252 e. The number of hydrogen-bond acceptors (Lipinski definition) is 2. The molecule has 19 heavy (non-hydrogen) atoms. The fourth-order valence-corrected chi connectivity index (χ4v) is 1.43. The fourth-order valence-electron chi connectivity index (χ4n) is 1.30. The van der Waals surface area contributed by atoms with Gasteiger partial charge in [-0.15, -0.1) is 0 Å². The van der Waals surface area contributed by atoms with E-state index in [9.17, 15) is 9.59 Å². The zero-order chi connectivity index (χ0) is 14.1. The number of halogens is 1. The van der Waals surface area contributed by atoms with Crippen molar-refractivity contribution in [2.45, 2.75) is 6.92 Å². The summed E-state index contributed by atoms with van der Waals surface area (Å²) in [5.41, 5.74) is 2.36. The largest absolute Gasteiger partial charge is 0.329 e. The Hall–Kier alpha value is -2.13. The Labute approximate surface area is 117 Å². The molecule has 0 fully saturated rings. The molecule has 0 aliphatic rings. The topological polar surface area (TPSA) is 46.2 Å². The molecule has 4 heteroatoms. The van der Waals surface area contributed by atoms with E-state index in [1.807, 2.05) is 18.2 Å². The first-order valence-electron chi connectivity index (χ1n) is 5.65. The van der Waals surface area contributed by atoms with Crippen molar-refractivity contribution in [2.75, 3.05) is 5.32 Å². The van der Waals surface area contributed by atoms with Crippen molar-refractivity contribution in [3.8, 4) is 0 Å². The van der Waals surface area contributed by atoms with E-state index in [0.717, 1.165) is 0 Å². The Bertz CT molecular complexity index is 524. The summed E-state index contributed by atoms with van der Waals surface area (Å²) in [6.45, 7) is 2.08. The third-order valence-electron chi connectivity index (χ3n) is 2.28. The highest BCUT2D eigenvalue weighted by Gasteiger charge is 1.99. The summed E-state index contributed by atoms with van der Waals surface area (Å²) in [6, 6.07) is 16.5. The zero-order valence-corrected chi connectivity index (χ0v) is 11.2. The summed E-state index contributed by atoms with van der Waals surface area (Å²) in [7, 11) is 0. The van der Waals surface area contributed by atoms with Gasteiger partial charge in [0.2, 0.25) is 6.41 Å². The molecule has 0 radical (unpaired) electrons. The van der Waals surface area contributed by atoms with Crippen LogP contribution in [0, 0.1) is 6.92 Å². The maximum atomic E-state index is 10.6. The van der Waals surface area contributed by atoms with E-state index >= 15 is 0 Å². The molecule has 0 spiro atoms. The van der Waals surface area contributed by atoms with Crippen LogP contribution in [0.3, 0.4) is 0 Å². The second-order valence-electron chi connectivity index (χ2n) is 3.77. The Morgan fingerprint density at radius 1 is 1.05 bits per heavy atom. The van der Waals surface area contributed by atoms with Gasteiger partial charge in [-0.3, -0.25) is 9.59 Å². The normalized spacial score (nSPS) is 8.95. The van der Waals surface area contributed by atoms with E-state index < -0.39 is 5.24 Å². The van der Waals surface area contributed by atoms with Gasteiger partial charge in [-0.25, -0.2) is 0 Å². The van der Waals surface area contributed by atoms with Crippen molar-refractivity contribution < 1.29 is 9.59 Å². The van der Waals surface area contributed by atoms with Gasteiger partial charge in [0.15, 0.2) is 0 Å². The number of carbonyl (C=O) groups is 2. The lowest BCUT2D eigenvalue weighted by Crippen LogP contribution is -1.94. The molecule has 0 aliphatic carbocycles. The van der Waals surface area contributed by atoms with Crippen LogP contribution in [0.4, 0.5) is 5.69 Å². The van der Waals surface area contributed by atoms with E-state index in [2.05, 4.69) is 24.4 Å². The van der Waals surface area contributed by atoms with Gasteiger partial charge in [-0.05, 0) is 42.8 Å². The van der Waals surface area contributed by atoms with Crippen molar-refractivity contribution in [1.29, 1.82) is 0 Å². The zero-order valence-electron chi connectivity index (χ0n) is 10.5. The molecule has 3 nitrogen and oxygen atoms in total. The van der Waals surface area contributed by atoms with E-state index in [4.69, 9.17) is 11.6 Å². The van der Waals surface area contributed by atoms with Gasteiger partial charge in [0.25, 0.3) is 5.24 Å². The molecular weight excluding hydrogens is 262 g/mol. The molecule has 2 aromatic rings. The molecule has 0 heterocycles. The number of nitrogens with one attached hydrogen (secondary N) is 1. The lowest BCUT2D eigenvalue weighted by molar-refractivity contribution is -0.105. The Kier molecular flexibility index (Phi) is 6.33. The fraction of sp³-hybridized carbons (Fsp3) is 0.0667. The van der Waals surface area contributed by atoms with Crippen LogP contribution in [0.15, 0.2) is 54.6 Å². The van der Waals surface area contributed by atoms with E-state index in [0.29, 0.717) is 17.7 Å². The summed E-state index contributed by atoms with van der Waals surface area (Å²) >= 11 is 5.20. The molecule has 0 atom stereocenters. The Morgan fingerprint density at radius 3 is 2.00 bits per heavy atom.